The van der Waals surface area contributed by atoms with Gasteiger partial charge in [-0.05, 0) is 96.7 Å². The van der Waals surface area contributed by atoms with E-state index >= 15 is 0 Å². The van der Waals surface area contributed by atoms with Crippen molar-refractivity contribution in [1.82, 2.24) is 33.3 Å². The quantitative estimate of drug-likeness (QED) is 0.229. The number of rotatable bonds is 11. The Hall–Kier alpha value is -3.26. The molecule has 7 rings (SSSR count). The molecule has 11 nitrogen and oxygen atoms in total. The van der Waals surface area contributed by atoms with Crippen LogP contribution in [0.3, 0.4) is 0 Å². The van der Waals surface area contributed by atoms with Gasteiger partial charge in [-0.3, -0.25) is 9.59 Å². The molecule has 2 atom stereocenters. The molecule has 13 heteroatoms. The molecule has 5 aliphatic heterocycles. The molecule has 5 saturated heterocycles. The molecule has 1 spiro atoms. The topological polar surface area (TPSA) is 88.6 Å². The largest absolute Gasteiger partial charge is 0.451 e. The first-order chi connectivity index (χ1) is 24.5. The van der Waals surface area contributed by atoms with Crippen LogP contribution in [0, 0.1) is 23.1 Å². The molecule has 2 amide bonds. The van der Waals surface area contributed by atoms with E-state index in [1.807, 2.05) is 44.7 Å². The van der Waals surface area contributed by atoms with Crippen molar-refractivity contribution in [3.05, 3.63) is 54.8 Å². The highest BCUT2D eigenvalue weighted by Crippen LogP contribution is 2.45. The lowest BCUT2D eigenvalue weighted by atomic mass is 9.72. The van der Waals surface area contributed by atoms with E-state index in [1.54, 1.807) is 11.1 Å². The van der Waals surface area contributed by atoms with E-state index in [0.29, 0.717) is 29.3 Å². The molecule has 0 bridgehead atoms. The molecule has 51 heavy (non-hydrogen) atoms. The lowest BCUT2D eigenvalue weighted by Crippen LogP contribution is -2.61. The minimum Gasteiger partial charge on any atom is -0.451 e. The maximum atomic E-state index is 14.4. The summed E-state index contributed by atoms with van der Waals surface area (Å²) < 4.78 is 25.7. The molecule has 0 radical (unpaired) electrons. The SMILES string of the molecule is C=CC(=O)N1C[C@H]2CN(SN3CCC(CN4CCC5(CC4)CN(c4ncncc4Oc4ccc(F)cc4C(=O)N(C(C)C)C(C)C)C5)CC3)C[C@H]21. The van der Waals surface area contributed by atoms with Gasteiger partial charge in [0, 0.05) is 87.9 Å². The molecule has 6 heterocycles. The predicted octanol–water partition coefficient (Wildman–Crippen LogP) is 5.17. The smallest absolute Gasteiger partial charge is 0.258 e. The standard InChI is InChI=1S/C38H53FN8O3S/c1-6-35(48)46-21-29-20-45(22-32(29)46)51-44-13-9-28(10-14-44)19-42-15-11-38(12-16-42)23-43(24-38)36-34(18-40-25-41-36)50-33-8-7-30(39)17-31(33)37(49)47(26(2)3)27(4)5/h6-8,17-18,25-29,32H,1,9-16,19-24H2,2-5H3/t29-,32-/m1/s1. The van der Waals surface area contributed by atoms with Crippen LogP contribution in [0.25, 0.3) is 0 Å². The summed E-state index contributed by atoms with van der Waals surface area (Å²) in [5.41, 5.74) is 0.461. The molecule has 1 aromatic heterocycles. The third-order valence-corrected chi connectivity index (χ3v) is 12.8. The third-order valence-electron chi connectivity index (χ3n) is 11.6. The highest BCUT2D eigenvalue weighted by atomic mass is 32.2. The van der Waals surface area contributed by atoms with Crippen molar-refractivity contribution >= 4 is 29.8 Å². The van der Waals surface area contributed by atoms with Gasteiger partial charge in [-0.25, -0.2) is 23.0 Å². The van der Waals surface area contributed by atoms with Crippen LogP contribution in [-0.4, -0.2) is 129 Å². The Morgan fingerprint density at radius 3 is 2.45 bits per heavy atom. The van der Waals surface area contributed by atoms with Gasteiger partial charge in [-0.2, -0.15) is 0 Å². The number of ether oxygens (including phenoxy) is 1. The number of hydrogen-bond donors (Lipinski definition) is 0. The van der Waals surface area contributed by atoms with E-state index in [1.165, 1.54) is 62.8 Å². The van der Waals surface area contributed by atoms with Gasteiger partial charge in [-0.1, -0.05) is 6.58 Å². The zero-order valence-electron chi connectivity index (χ0n) is 30.5. The van der Waals surface area contributed by atoms with E-state index in [0.717, 1.165) is 64.8 Å². The lowest BCUT2D eigenvalue weighted by Gasteiger charge is -2.54. The first kappa shape index (κ1) is 36.1. The highest BCUT2D eigenvalue weighted by molar-refractivity contribution is 7.94. The zero-order valence-corrected chi connectivity index (χ0v) is 31.4. The number of carbonyl (C=O) groups is 2. The van der Waals surface area contributed by atoms with Gasteiger partial charge < -0.3 is 24.3 Å². The average molecular weight is 721 g/mol. The molecule has 2 aromatic rings. The van der Waals surface area contributed by atoms with E-state index < -0.39 is 5.82 Å². The minimum absolute atomic E-state index is 0.0503. The Kier molecular flexibility index (Phi) is 10.6. The second-order valence-corrected chi connectivity index (χ2v) is 17.0. The monoisotopic (exact) mass is 720 g/mol. The number of amides is 2. The van der Waals surface area contributed by atoms with Gasteiger partial charge in [-0.15, -0.1) is 0 Å². The third kappa shape index (κ3) is 7.63. The van der Waals surface area contributed by atoms with Gasteiger partial charge in [0.2, 0.25) is 5.91 Å². The summed E-state index contributed by atoms with van der Waals surface area (Å²) in [5, 5.41) is 0. The second-order valence-electron chi connectivity index (χ2n) is 15.8. The Labute approximate surface area is 306 Å². The van der Waals surface area contributed by atoms with Gasteiger partial charge in [0.25, 0.3) is 5.91 Å². The van der Waals surface area contributed by atoms with Gasteiger partial charge in [0.05, 0.1) is 17.8 Å². The number of fused-ring (bicyclic) bond motifs is 1. The number of benzene rings is 1. The number of anilines is 1. The van der Waals surface area contributed by atoms with E-state index in [-0.39, 0.29) is 34.9 Å². The number of halogens is 1. The first-order valence-electron chi connectivity index (χ1n) is 18.7. The van der Waals surface area contributed by atoms with E-state index in [9.17, 15) is 14.0 Å². The lowest BCUT2D eigenvalue weighted by molar-refractivity contribution is -0.135. The van der Waals surface area contributed by atoms with Crippen molar-refractivity contribution < 1.29 is 18.7 Å². The fraction of sp³-hybridized carbons (Fsp3) is 0.632. The summed E-state index contributed by atoms with van der Waals surface area (Å²) in [6.45, 7) is 21.9. The van der Waals surface area contributed by atoms with Crippen LogP contribution >= 0.6 is 12.1 Å². The van der Waals surface area contributed by atoms with Crippen LogP contribution in [0.4, 0.5) is 10.2 Å². The van der Waals surface area contributed by atoms with Crippen LogP contribution < -0.4 is 9.64 Å². The number of hydrogen-bond acceptors (Lipinski definition) is 10. The first-order valence-corrected chi connectivity index (χ1v) is 19.4. The molecule has 5 fully saturated rings. The molecule has 276 valence electrons. The maximum Gasteiger partial charge on any atom is 0.258 e. The number of carbonyl (C=O) groups excluding carboxylic acids is 2. The molecule has 5 aliphatic rings. The van der Waals surface area contributed by atoms with Crippen LogP contribution in [-0.2, 0) is 4.79 Å². The molecule has 0 unspecified atom stereocenters. The number of likely N-dealkylation sites (tertiary alicyclic amines) is 2. The summed E-state index contributed by atoms with van der Waals surface area (Å²) in [6.07, 6.45) is 9.40. The van der Waals surface area contributed by atoms with Crippen molar-refractivity contribution in [2.75, 3.05) is 70.3 Å². The summed E-state index contributed by atoms with van der Waals surface area (Å²) in [5.74, 6) is 2.14. The predicted molar refractivity (Wildman–Crippen MR) is 198 cm³/mol. The Bertz CT molecular complexity index is 1580. The summed E-state index contributed by atoms with van der Waals surface area (Å²) in [7, 11) is 0. The average Bonchev–Trinajstić information content (AvgIpc) is 3.39. The normalized spacial score (nSPS) is 24.1. The minimum atomic E-state index is -0.482. The molecule has 0 aliphatic carbocycles. The van der Waals surface area contributed by atoms with Crippen LogP contribution in [0.5, 0.6) is 11.5 Å². The second kappa shape index (κ2) is 15.0. The van der Waals surface area contributed by atoms with Gasteiger partial charge in [0.15, 0.2) is 11.6 Å². The van der Waals surface area contributed by atoms with Gasteiger partial charge in [0.1, 0.15) is 17.9 Å². The molecular weight excluding hydrogens is 668 g/mol. The fourth-order valence-electron chi connectivity index (χ4n) is 8.88. The number of nitrogens with zero attached hydrogens (tertiary/aromatic N) is 8. The summed E-state index contributed by atoms with van der Waals surface area (Å²) >= 11 is 1.90. The van der Waals surface area contributed by atoms with Crippen LogP contribution in [0.1, 0.15) is 63.7 Å². The maximum absolute atomic E-state index is 14.4. The highest BCUT2D eigenvalue weighted by Gasteiger charge is 2.48. The molecule has 0 N–H and O–H groups in total. The van der Waals surface area contributed by atoms with Crippen molar-refractivity contribution in [1.29, 1.82) is 0 Å². The summed E-state index contributed by atoms with van der Waals surface area (Å²) in [6, 6.07) is 4.36. The Balaban J connectivity index is 0.877. The number of aromatic nitrogens is 2. The van der Waals surface area contributed by atoms with Crippen molar-refractivity contribution in [3.63, 3.8) is 0 Å². The molecule has 0 saturated carbocycles. The van der Waals surface area contributed by atoms with E-state index in [4.69, 9.17) is 4.74 Å². The van der Waals surface area contributed by atoms with Crippen molar-refractivity contribution in [3.8, 4) is 11.5 Å². The van der Waals surface area contributed by atoms with Crippen molar-refractivity contribution in [2.45, 2.75) is 71.5 Å². The van der Waals surface area contributed by atoms with Crippen molar-refractivity contribution in [2.24, 2.45) is 17.3 Å². The fourth-order valence-corrected chi connectivity index (χ4v) is 10.1. The zero-order chi connectivity index (χ0) is 35.9. The van der Waals surface area contributed by atoms with E-state index in [2.05, 4.69) is 35.0 Å². The molecule has 1 aromatic carbocycles. The Morgan fingerprint density at radius 1 is 1.04 bits per heavy atom. The summed E-state index contributed by atoms with van der Waals surface area (Å²) in [4.78, 5) is 43.1. The van der Waals surface area contributed by atoms with Gasteiger partial charge >= 0.3 is 0 Å². The van der Waals surface area contributed by atoms with Crippen LogP contribution in [0.2, 0.25) is 0 Å². The molecular formula is C38H53FN8O3S. The Morgan fingerprint density at radius 2 is 1.76 bits per heavy atom. The number of piperidine rings is 2. The van der Waals surface area contributed by atoms with Crippen LogP contribution in [0.15, 0.2) is 43.4 Å².